The summed E-state index contributed by atoms with van der Waals surface area (Å²) in [4.78, 5) is 0. The molecule has 0 atom stereocenters. The number of aromatic nitrogens is 3. The number of fused-ring (bicyclic) bond motifs is 1. The maximum absolute atomic E-state index is 3.99. The number of nitrogens with one attached hydrogen (secondary N) is 1. The highest BCUT2D eigenvalue weighted by Crippen LogP contribution is 2.27. The topological polar surface area (TPSA) is 42.7 Å². The first-order valence-corrected chi connectivity index (χ1v) is 5.53. The normalized spacial score (nSPS) is 14.8. The molecule has 0 bridgehead atoms. The Bertz CT molecular complexity index is 515. The van der Waals surface area contributed by atoms with Gasteiger partial charge in [-0.3, -0.25) is 0 Å². The Balaban J connectivity index is 2.18. The van der Waals surface area contributed by atoms with E-state index in [1.54, 1.807) is 0 Å². The fourth-order valence-corrected chi connectivity index (χ4v) is 2.31. The minimum absolute atomic E-state index is 0.967. The van der Waals surface area contributed by atoms with Crippen molar-refractivity contribution in [3.63, 3.8) is 0 Å². The number of hydrogen-bond donors (Lipinski definition) is 1. The monoisotopic (exact) mass is 214 g/mol. The van der Waals surface area contributed by atoms with E-state index in [2.05, 4.69) is 33.8 Å². The summed E-state index contributed by atoms with van der Waals surface area (Å²) < 4.78 is 1.83. The largest absolute Gasteiger partial charge is 0.312 e. The zero-order valence-corrected chi connectivity index (χ0v) is 9.27. The van der Waals surface area contributed by atoms with E-state index in [1.807, 2.05) is 17.9 Å². The van der Waals surface area contributed by atoms with E-state index >= 15 is 0 Å². The van der Waals surface area contributed by atoms with Gasteiger partial charge in [-0.15, -0.1) is 5.10 Å². The minimum Gasteiger partial charge on any atom is -0.312 e. The van der Waals surface area contributed by atoms with Crippen molar-refractivity contribution in [2.75, 3.05) is 6.54 Å². The van der Waals surface area contributed by atoms with E-state index in [9.17, 15) is 0 Å². The lowest BCUT2D eigenvalue weighted by Gasteiger charge is -2.20. The van der Waals surface area contributed by atoms with Gasteiger partial charge in [0.2, 0.25) is 0 Å². The molecule has 0 spiro atoms. The van der Waals surface area contributed by atoms with E-state index in [0.717, 1.165) is 25.2 Å². The van der Waals surface area contributed by atoms with Crippen LogP contribution in [0.3, 0.4) is 0 Å². The second kappa shape index (κ2) is 3.72. The highest BCUT2D eigenvalue weighted by Gasteiger charge is 2.15. The highest BCUT2D eigenvalue weighted by molar-refractivity contribution is 5.65. The zero-order chi connectivity index (χ0) is 11.0. The molecule has 0 saturated carbocycles. The van der Waals surface area contributed by atoms with Gasteiger partial charge in [0.25, 0.3) is 0 Å². The Morgan fingerprint density at radius 2 is 2.31 bits per heavy atom. The van der Waals surface area contributed by atoms with Crippen molar-refractivity contribution in [2.24, 2.45) is 7.05 Å². The lowest BCUT2D eigenvalue weighted by molar-refractivity contribution is 0.643. The van der Waals surface area contributed by atoms with Gasteiger partial charge in [0, 0.05) is 19.2 Å². The Hall–Kier alpha value is -1.68. The fourth-order valence-electron chi connectivity index (χ4n) is 2.31. The summed E-state index contributed by atoms with van der Waals surface area (Å²) >= 11 is 0. The lowest BCUT2D eigenvalue weighted by atomic mass is 9.94. The number of nitrogens with zero attached hydrogens (tertiary/aromatic N) is 3. The molecule has 0 fully saturated rings. The van der Waals surface area contributed by atoms with Gasteiger partial charge >= 0.3 is 0 Å². The predicted octanol–water partition coefficient (Wildman–Crippen LogP) is 1.13. The molecule has 1 aliphatic rings. The summed E-state index contributed by atoms with van der Waals surface area (Å²) in [6, 6.07) is 6.45. The standard InChI is InChI=1S/C12H14N4/c1-16-12(8-14-15-16)11-4-2-3-9-7-13-6-5-10(9)11/h2-4,8,13H,5-7H2,1H3. The molecule has 0 unspecified atom stereocenters. The number of benzene rings is 1. The maximum Gasteiger partial charge on any atom is 0.0885 e. The van der Waals surface area contributed by atoms with Crippen molar-refractivity contribution in [2.45, 2.75) is 13.0 Å². The quantitative estimate of drug-likeness (QED) is 0.773. The summed E-state index contributed by atoms with van der Waals surface area (Å²) in [6.07, 6.45) is 2.91. The Morgan fingerprint density at radius 1 is 1.38 bits per heavy atom. The molecule has 0 saturated heterocycles. The van der Waals surface area contributed by atoms with Crippen molar-refractivity contribution in [1.29, 1.82) is 0 Å². The smallest absolute Gasteiger partial charge is 0.0885 e. The molecular formula is C12H14N4. The molecule has 82 valence electrons. The van der Waals surface area contributed by atoms with Crippen LogP contribution in [-0.2, 0) is 20.0 Å². The van der Waals surface area contributed by atoms with Crippen LogP contribution in [0.25, 0.3) is 11.3 Å². The van der Waals surface area contributed by atoms with Gasteiger partial charge in [-0.1, -0.05) is 23.4 Å². The first-order chi connectivity index (χ1) is 7.86. The predicted molar refractivity (Wildman–Crippen MR) is 61.8 cm³/mol. The Kier molecular flexibility index (Phi) is 2.22. The molecular weight excluding hydrogens is 200 g/mol. The van der Waals surface area contributed by atoms with Crippen LogP contribution in [0.4, 0.5) is 0 Å². The van der Waals surface area contributed by atoms with E-state index in [-0.39, 0.29) is 0 Å². The number of hydrogen-bond acceptors (Lipinski definition) is 3. The maximum atomic E-state index is 3.99. The van der Waals surface area contributed by atoms with E-state index < -0.39 is 0 Å². The summed E-state index contributed by atoms with van der Waals surface area (Å²) in [7, 11) is 1.93. The summed E-state index contributed by atoms with van der Waals surface area (Å²) in [5.41, 5.74) is 5.20. The van der Waals surface area contributed by atoms with E-state index in [0.29, 0.717) is 0 Å². The van der Waals surface area contributed by atoms with Crippen LogP contribution in [0, 0.1) is 0 Å². The third-order valence-electron chi connectivity index (χ3n) is 3.13. The van der Waals surface area contributed by atoms with Crippen LogP contribution in [0.15, 0.2) is 24.4 Å². The van der Waals surface area contributed by atoms with E-state index in [4.69, 9.17) is 0 Å². The fraction of sp³-hybridized carbons (Fsp3) is 0.333. The molecule has 1 aromatic heterocycles. The molecule has 1 aromatic carbocycles. The lowest BCUT2D eigenvalue weighted by Crippen LogP contribution is -2.24. The Labute approximate surface area is 94.3 Å². The molecule has 0 amide bonds. The summed E-state index contributed by atoms with van der Waals surface area (Å²) in [6.45, 7) is 2.02. The van der Waals surface area contributed by atoms with Crippen LogP contribution < -0.4 is 5.32 Å². The van der Waals surface area contributed by atoms with Crippen LogP contribution in [0.5, 0.6) is 0 Å². The first kappa shape index (κ1) is 9.54. The van der Waals surface area contributed by atoms with Gasteiger partial charge in [0.15, 0.2) is 0 Å². The summed E-state index contributed by atoms with van der Waals surface area (Å²) in [5.74, 6) is 0. The SMILES string of the molecule is Cn1nncc1-c1cccc2c1CCNC2. The molecule has 4 heteroatoms. The molecule has 1 aliphatic heterocycles. The van der Waals surface area contributed by atoms with Crippen LogP contribution >= 0.6 is 0 Å². The summed E-state index contributed by atoms with van der Waals surface area (Å²) in [5, 5.41) is 11.3. The van der Waals surface area contributed by atoms with Crippen LogP contribution in [-0.4, -0.2) is 21.5 Å². The van der Waals surface area contributed by atoms with E-state index in [1.165, 1.54) is 16.7 Å². The van der Waals surface area contributed by atoms with Crippen LogP contribution in [0.2, 0.25) is 0 Å². The van der Waals surface area contributed by atoms with Crippen molar-refractivity contribution < 1.29 is 0 Å². The van der Waals surface area contributed by atoms with Gasteiger partial charge in [0.05, 0.1) is 11.9 Å². The molecule has 0 radical (unpaired) electrons. The van der Waals surface area contributed by atoms with Gasteiger partial charge in [-0.25, -0.2) is 4.68 Å². The van der Waals surface area contributed by atoms with Gasteiger partial charge < -0.3 is 5.32 Å². The van der Waals surface area contributed by atoms with Crippen LogP contribution in [0.1, 0.15) is 11.1 Å². The molecule has 2 aromatic rings. The third-order valence-corrected chi connectivity index (χ3v) is 3.13. The molecule has 16 heavy (non-hydrogen) atoms. The average Bonchev–Trinajstić information content (AvgIpc) is 2.75. The van der Waals surface area contributed by atoms with Gasteiger partial charge in [-0.05, 0) is 24.1 Å². The second-order valence-corrected chi connectivity index (χ2v) is 4.11. The highest BCUT2D eigenvalue weighted by atomic mass is 15.4. The molecule has 3 rings (SSSR count). The van der Waals surface area contributed by atoms with Crippen molar-refractivity contribution in [1.82, 2.24) is 20.3 Å². The number of aryl methyl sites for hydroxylation is 1. The first-order valence-electron chi connectivity index (χ1n) is 5.53. The van der Waals surface area contributed by atoms with Crippen molar-refractivity contribution >= 4 is 0 Å². The van der Waals surface area contributed by atoms with Gasteiger partial charge in [-0.2, -0.15) is 0 Å². The molecule has 2 heterocycles. The second-order valence-electron chi connectivity index (χ2n) is 4.11. The van der Waals surface area contributed by atoms with Crippen molar-refractivity contribution in [3.05, 3.63) is 35.5 Å². The number of rotatable bonds is 1. The zero-order valence-electron chi connectivity index (χ0n) is 9.27. The van der Waals surface area contributed by atoms with Gasteiger partial charge in [0.1, 0.15) is 0 Å². The third kappa shape index (κ3) is 1.42. The Morgan fingerprint density at radius 3 is 3.12 bits per heavy atom. The van der Waals surface area contributed by atoms with Crippen molar-refractivity contribution in [3.8, 4) is 11.3 Å². The average molecular weight is 214 g/mol. The molecule has 1 N–H and O–H groups in total. The molecule has 0 aliphatic carbocycles. The molecule has 4 nitrogen and oxygen atoms in total. The minimum atomic E-state index is 0.967.